The summed E-state index contributed by atoms with van der Waals surface area (Å²) in [4.78, 5) is 37.0. The Morgan fingerprint density at radius 1 is 0.886 bits per heavy atom. The van der Waals surface area contributed by atoms with Gasteiger partial charge in [-0.05, 0) is 36.8 Å². The molecule has 0 radical (unpaired) electrons. The van der Waals surface area contributed by atoms with Gasteiger partial charge in [0, 0.05) is 16.6 Å². The number of amides is 2. The van der Waals surface area contributed by atoms with Crippen LogP contribution in [0.4, 0.5) is 28.9 Å². The van der Waals surface area contributed by atoms with Gasteiger partial charge in [0.1, 0.15) is 5.69 Å². The summed E-state index contributed by atoms with van der Waals surface area (Å²) in [5.74, 6) is -9.53. The first kappa shape index (κ1) is 25.8. The molecule has 6 nitrogen and oxygen atoms in total. The molecule has 3 rings (SSSR count). The lowest BCUT2D eigenvalue weighted by molar-refractivity contribution is -0.115. The topological polar surface area (TPSA) is 95.5 Å². The highest BCUT2D eigenvalue weighted by Gasteiger charge is 2.25. The second-order valence-corrected chi connectivity index (χ2v) is 8.46. The lowest BCUT2D eigenvalue weighted by Gasteiger charge is -2.16. The molecule has 0 saturated heterocycles. The number of carbonyl (C=O) groups is 3. The van der Waals surface area contributed by atoms with Crippen molar-refractivity contribution in [2.45, 2.75) is 23.5 Å². The molecule has 2 amide bonds. The number of hydrogen-bond acceptors (Lipinski definition) is 4. The van der Waals surface area contributed by atoms with Crippen LogP contribution in [0.3, 0.4) is 0 Å². The first-order chi connectivity index (χ1) is 16.6. The van der Waals surface area contributed by atoms with Crippen LogP contribution >= 0.6 is 11.8 Å². The normalized spacial score (nSPS) is 11.6. The fraction of sp³-hybridized carbons (Fsp3) is 0.125. The first-order valence-electron chi connectivity index (χ1n) is 10.2. The lowest BCUT2D eigenvalue weighted by atomic mass is 10.1. The summed E-state index contributed by atoms with van der Waals surface area (Å²) in [5, 5.41) is 12.8. The van der Waals surface area contributed by atoms with Crippen molar-refractivity contribution in [1.29, 1.82) is 0 Å². The minimum absolute atomic E-state index is 0.0427. The van der Waals surface area contributed by atoms with Crippen molar-refractivity contribution < 1.29 is 37.1 Å². The molecule has 0 saturated carbocycles. The monoisotopic (exact) mass is 506 g/mol. The lowest BCUT2D eigenvalue weighted by Crippen LogP contribution is -2.26. The Kier molecular flexibility index (Phi) is 8.13. The van der Waals surface area contributed by atoms with Crippen LogP contribution in [0.1, 0.15) is 34.1 Å². The van der Waals surface area contributed by atoms with Crippen molar-refractivity contribution in [2.24, 2.45) is 0 Å². The van der Waals surface area contributed by atoms with Crippen molar-refractivity contribution in [3.8, 4) is 0 Å². The molecule has 0 aliphatic rings. The van der Waals surface area contributed by atoms with Gasteiger partial charge in [-0.2, -0.15) is 0 Å². The molecule has 1 unspecified atom stereocenters. The number of nitrogens with one attached hydrogen (secondary N) is 2. The highest BCUT2D eigenvalue weighted by Crippen LogP contribution is 2.30. The standard InChI is InChI=1S/C24H18F4N2O4S/c1-2-18(23(32)30-21-19(27)16(25)11-17(26)20(21)28)35-13-7-5-6-12(10-13)29-22(31)14-8-3-4-9-15(14)24(33)34/h3-11,18H,2H2,1H3,(H,29,31)(H,30,32)(H,33,34). The van der Waals surface area contributed by atoms with Crippen LogP contribution in [0.2, 0.25) is 0 Å². The van der Waals surface area contributed by atoms with Gasteiger partial charge in [0.15, 0.2) is 23.3 Å². The minimum Gasteiger partial charge on any atom is -0.478 e. The Labute approximate surface area is 201 Å². The Bertz CT molecular complexity index is 1280. The molecule has 0 aliphatic heterocycles. The average molecular weight is 506 g/mol. The molecule has 35 heavy (non-hydrogen) atoms. The van der Waals surface area contributed by atoms with E-state index in [9.17, 15) is 37.1 Å². The molecule has 0 spiro atoms. The zero-order valence-corrected chi connectivity index (χ0v) is 18.9. The van der Waals surface area contributed by atoms with Crippen LogP contribution in [0.25, 0.3) is 0 Å². The maximum atomic E-state index is 13.9. The number of carbonyl (C=O) groups excluding carboxylic acids is 2. The molecule has 3 N–H and O–H groups in total. The smallest absolute Gasteiger partial charge is 0.336 e. The summed E-state index contributed by atoms with van der Waals surface area (Å²) in [5.41, 5.74) is -1.13. The Balaban J connectivity index is 1.76. The van der Waals surface area contributed by atoms with Gasteiger partial charge in [0.05, 0.1) is 16.4 Å². The maximum Gasteiger partial charge on any atom is 0.336 e. The van der Waals surface area contributed by atoms with Gasteiger partial charge in [-0.3, -0.25) is 9.59 Å². The fourth-order valence-corrected chi connectivity index (χ4v) is 4.10. The molecule has 3 aromatic rings. The predicted molar refractivity (Wildman–Crippen MR) is 123 cm³/mol. The van der Waals surface area contributed by atoms with Gasteiger partial charge in [0.25, 0.3) is 5.91 Å². The second-order valence-electron chi connectivity index (χ2n) is 7.18. The number of hydrogen-bond donors (Lipinski definition) is 3. The fourth-order valence-electron chi connectivity index (χ4n) is 3.09. The third kappa shape index (κ3) is 5.99. The van der Waals surface area contributed by atoms with Gasteiger partial charge < -0.3 is 15.7 Å². The molecule has 3 aromatic carbocycles. The maximum absolute atomic E-state index is 13.9. The van der Waals surface area contributed by atoms with Gasteiger partial charge in [0.2, 0.25) is 5.91 Å². The minimum atomic E-state index is -1.72. The Morgan fingerprint density at radius 2 is 1.51 bits per heavy atom. The number of thioether (sulfide) groups is 1. The summed E-state index contributed by atoms with van der Waals surface area (Å²) < 4.78 is 54.7. The Morgan fingerprint density at radius 3 is 2.11 bits per heavy atom. The van der Waals surface area contributed by atoms with Crippen LogP contribution in [0.5, 0.6) is 0 Å². The largest absolute Gasteiger partial charge is 0.478 e. The molecular weight excluding hydrogens is 488 g/mol. The summed E-state index contributed by atoms with van der Waals surface area (Å²) in [6.45, 7) is 1.63. The van der Waals surface area contributed by atoms with E-state index in [1.54, 1.807) is 25.1 Å². The van der Waals surface area contributed by atoms with Crippen molar-refractivity contribution in [3.05, 3.63) is 89.0 Å². The quantitative estimate of drug-likeness (QED) is 0.207. The van der Waals surface area contributed by atoms with Gasteiger partial charge in [-0.15, -0.1) is 11.8 Å². The highest BCUT2D eigenvalue weighted by atomic mass is 32.2. The number of benzene rings is 3. The number of carboxylic acids is 1. The summed E-state index contributed by atoms with van der Waals surface area (Å²) in [7, 11) is 0. The molecule has 0 fully saturated rings. The molecule has 0 heterocycles. The van der Waals surface area contributed by atoms with E-state index in [0.29, 0.717) is 10.6 Å². The molecule has 0 aromatic heterocycles. The third-order valence-electron chi connectivity index (χ3n) is 4.80. The summed E-state index contributed by atoms with van der Waals surface area (Å²) >= 11 is 0.991. The van der Waals surface area contributed by atoms with Crippen molar-refractivity contribution in [1.82, 2.24) is 0 Å². The van der Waals surface area contributed by atoms with E-state index < -0.39 is 52.0 Å². The molecular formula is C24H18F4N2O4S. The van der Waals surface area contributed by atoms with Gasteiger partial charge >= 0.3 is 5.97 Å². The molecule has 0 aliphatic carbocycles. The summed E-state index contributed by atoms with van der Waals surface area (Å²) in [6.07, 6.45) is 0.195. The van der Waals surface area contributed by atoms with Gasteiger partial charge in [-0.1, -0.05) is 25.1 Å². The van der Waals surface area contributed by atoms with Crippen molar-refractivity contribution in [3.63, 3.8) is 0 Å². The van der Waals surface area contributed by atoms with Crippen LogP contribution < -0.4 is 10.6 Å². The van der Waals surface area contributed by atoms with Gasteiger partial charge in [-0.25, -0.2) is 22.4 Å². The highest BCUT2D eigenvalue weighted by molar-refractivity contribution is 8.00. The third-order valence-corrected chi connectivity index (χ3v) is 6.15. The number of rotatable bonds is 8. The SMILES string of the molecule is CCC(Sc1cccc(NC(=O)c2ccccc2C(=O)O)c1)C(=O)Nc1c(F)c(F)cc(F)c1F. The van der Waals surface area contributed by atoms with E-state index in [1.165, 1.54) is 30.3 Å². The zero-order valence-electron chi connectivity index (χ0n) is 18.1. The Hall–Kier alpha value is -3.86. The molecule has 0 bridgehead atoms. The van der Waals surface area contributed by atoms with Crippen LogP contribution in [0, 0.1) is 23.3 Å². The average Bonchev–Trinajstić information content (AvgIpc) is 2.84. The summed E-state index contributed by atoms with van der Waals surface area (Å²) in [6, 6.07) is 12.0. The van der Waals surface area contributed by atoms with E-state index in [0.717, 1.165) is 11.8 Å². The van der Waals surface area contributed by atoms with Crippen molar-refractivity contribution >= 4 is 40.9 Å². The van der Waals surface area contributed by atoms with E-state index in [4.69, 9.17) is 0 Å². The first-order valence-corrected chi connectivity index (χ1v) is 11.0. The van der Waals surface area contributed by atoms with E-state index in [-0.39, 0.29) is 23.6 Å². The zero-order chi connectivity index (χ0) is 25.7. The van der Waals surface area contributed by atoms with E-state index >= 15 is 0 Å². The van der Waals surface area contributed by atoms with E-state index in [2.05, 4.69) is 5.32 Å². The van der Waals surface area contributed by atoms with Crippen LogP contribution in [0.15, 0.2) is 59.5 Å². The van der Waals surface area contributed by atoms with E-state index in [1.807, 2.05) is 5.32 Å². The van der Waals surface area contributed by atoms with Crippen LogP contribution in [-0.4, -0.2) is 28.1 Å². The molecule has 1 atom stereocenters. The molecule has 182 valence electrons. The number of aromatic carboxylic acids is 1. The molecule has 11 heteroatoms. The number of carboxylic acid groups (broad SMARTS) is 1. The second kappa shape index (κ2) is 11.0. The van der Waals surface area contributed by atoms with Crippen LogP contribution in [-0.2, 0) is 4.79 Å². The predicted octanol–water partition coefficient (Wildman–Crippen LogP) is 5.70. The van der Waals surface area contributed by atoms with Crippen molar-refractivity contribution in [2.75, 3.05) is 10.6 Å². The number of anilines is 2. The number of halogens is 4.